The van der Waals surface area contributed by atoms with E-state index < -0.39 is 0 Å². The van der Waals surface area contributed by atoms with Gasteiger partial charge in [0, 0.05) is 31.2 Å². The molecule has 1 aliphatic carbocycles. The number of nitrogens with two attached hydrogens (primary N) is 1. The predicted octanol–water partition coefficient (Wildman–Crippen LogP) is 0.892. The van der Waals surface area contributed by atoms with E-state index in [1.807, 2.05) is 0 Å². The molecule has 1 aliphatic heterocycles. The standard InChI is InChI=1S/C12H25N3/c1-10(8-13)15-7-3-4-12(9-15)14(2)11-5-6-11/h10-12H,3-9,13H2,1-2H3. The van der Waals surface area contributed by atoms with Crippen molar-refractivity contribution in [3.63, 3.8) is 0 Å². The summed E-state index contributed by atoms with van der Waals surface area (Å²) in [5, 5.41) is 0. The molecule has 0 spiro atoms. The van der Waals surface area contributed by atoms with E-state index in [-0.39, 0.29) is 0 Å². The van der Waals surface area contributed by atoms with Crippen molar-refractivity contribution in [2.75, 3.05) is 26.7 Å². The molecule has 0 aromatic rings. The van der Waals surface area contributed by atoms with Gasteiger partial charge in [0.15, 0.2) is 0 Å². The van der Waals surface area contributed by atoms with Crippen molar-refractivity contribution >= 4 is 0 Å². The first kappa shape index (κ1) is 11.4. The van der Waals surface area contributed by atoms with Crippen molar-refractivity contribution in [3.05, 3.63) is 0 Å². The molecule has 2 fully saturated rings. The summed E-state index contributed by atoms with van der Waals surface area (Å²) in [5.41, 5.74) is 5.74. The molecule has 0 radical (unpaired) electrons. The summed E-state index contributed by atoms with van der Waals surface area (Å²) >= 11 is 0. The van der Waals surface area contributed by atoms with Crippen molar-refractivity contribution in [3.8, 4) is 0 Å². The van der Waals surface area contributed by atoms with E-state index in [1.54, 1.807) is 0 Å². The monoisotopic (exact) mass is 211 g/mol. The van der Waals surface area contributed by atoms with E-state index in [0.29, 0.717) is 6.04 Å². The number of hydrogen-bond donors (Lipinski definition) is 1. The van der Waals surface area contributed by atoms with Crippen molar-refractivity contribution in [1.29, 1.82) is 0 Å². The van der Waals surface area contributed by atoms with Gasteiger partial charge >= 0.3 is 0 Å². The summed E-state index contributed by atoms with van der Waals surface area (Å²) in [6, 6.07) is 2.23. The van der Waals surface area contributed by atoms with Crippen molar-refractivity contribution in [2.45, 2.75) is 50.7 Å². The van der Waals surface area contributed by atoms with Crippen LogP contribution in [0.4, 0.5) is 0 Å². The number of rotatable bonds is 4. The van der Waals surface area contributed by atoms with E-state index >= 15 is 0 Å². The van der Waals surface area contributed by atoms with Gasteiger partial charge < -0.3 is 5.73 Å². The van der Waals surface area contributed by atoms with Gasteiger partial charge in [-0.15, -0.1) is 0 Å². The highest BCUT2D eigenvalue weighted by Crippen LogP contribution is 2.29. The van der Waals surface area contributed by atoms with Gasteiger partial charge in [0.1, 0.15) is 0 Å². The smallest absolute Gasteiger partial charge is 0.0223 e. The third kappa shape index (κ3) is 2.71. The van der Waals surface area contributed by atoms with Gasteiger partial charge in [-0.05, 0) is 46.2 Å². The lowest BCUT2D eigenvalue weighted by atomic mass is 10.0. The first-order chi connectivity index (χ1) is 7.22. The lowest BCUT2D eigenvalue weighted by Gasteiger charge is -2.40. The zero-order valence-corrected chi connectivity index (χ0v) is 10.2. The van der Waals surface area contributed by atoms with Gasteiger partial charge in [0.2, 0.25) is 0 Å². The summed E-state index contributed by atoms with van der Waals surface area (Å²) in [4.78, 5) is 5.17. The number of piperidine rings is 1. The molecule has 2 aliphatic rings. The molecule has 3 heteroatoms. The van der Waals surface area contributed by atoms with Crippen LogP contribution in [0.2, 0.25) is 0 Å². The zero-order chi connectivity index (χ0) is 10.8. The molecular weight excluding hydrogens is 186 g/mol. The van der Waals surface area contributed by atoms with Crippen LogP contribution in [0.5, 0.6) is 0 Å². The van der Waals surface area contributed by atoms with Crippen molar-refractivity contribution < 1.29 is 0 Å². The molecule has 1 saturated heterocycles. The Balaban J connectivity index is 1.85. The van der Waals surface area contributed by atoms with Gasteiger partial charge in [-0.3, -0.25) is 9.80 Å². The zero-order valence-electron chi connectivity index (χ0n) is 10.2. The van der Waals surface area contributed by atoms with E-state index in [1.165, 1.54) is 38.8 Å². The fourth-order valence-corrected chi connectivity index (χ4v) is 2.65. The molecule has 88 valence electrons. The van der Waals surface area contributed by atoms with Gasteiger partial charge in [0.25, 0.3) is 0 Å². The van der Waals surface area contributed by atoms with E-state index in [4.69, 9.17) is 5.73 Å². The molecule has 0 aromatic carbocycles. The van der Waals surface area contributed by atoms with Crippen LogP contribution in [-0.2, 0) is 0 Å². The molecule has 1 saturated carbocycles. The van der Waals surface area contributed by atoms with Crippen LogP contribution in [-0.4, -0.2) is 54.6 Å². The second-order valence-electron chi connectivity index (χ2n) is 5.27. The molecule has 2 atom stereocenters. The average Bonchev–Trinajstić information content (AvgIpc) is 3.11. The highest BCUT2D eigenvalue weighted by Gasteiger charge is 2.33. The maximum absolute atomic E-state index is 5.74. The van der Waals surface area contributed by atoms with Crippen LogP contribution in [0.15, 0.2) is 0 Å². The van der Waals surface area contributed by atoms with Gasteiger partial charge in [-0.2, -0.15) is 0 Å². The fourth-order valence-electron chi connectivity index (χ4n) is 2.65. The highest BCUT2D eigenvalue weighted by atomic mass is 15.3. The van der Waals surface area contributed by atoms with E-state index in [2.05, 4.69) is 23.8 Å². The molecule has 2 N–H and O–H groups in total. The summed E-state index contributed by atoms with van der Waals surface area (Å²) in [5.74, 6) is 0. The number of nitrogens with zero attached hydrogens (tertiary/aromatic N) is 2. The second-order valence-corrected chi connectivity index (χ2v) is 5.27. The first-order valence-electron chi connectivity index (χ1n) is 6.38. The van der Waals surface area contributed by atoms with Gasteiger partial charge in [-0.25, -0.2) is 0 Å². The topological polar surface area (TPSA) is 32.5 Å². The summed E-state index contributed by atoms with van der Waals surface area (Å²) < 4.78 is 0. The third-order valence-corrected chi connectivity index (χ3v) is 4.09. The first-order valence-corrected chi connectivity index (χ1v) is 6.38. The number of likely N-dealkylation sites (tertiary alicyclic amines) is 1. The number of likely N-dealkylation sites (N-methyl/N-ethyl adjacent to an activating group) is 1. The quantitative estimate of drug-likeness (QED) is 0.749. The van der Waals surface area contributed by atoms with Crippen molar-refractivity contribution in [1.82, 2.24) is 9.80 Å². The molecule has 0 bridgehead atoms. The van der Waals surface area contributed by atoms with E-state index in [9.17, 15) is 0 Å². The normalized spacial score (nSPS) is 30.8. The van der Waals surface area contributed by atoms with Gasteiger partial charge in [0.05, 0.1) is 0 Å². The Labute approximate surface area is 93.6 Å². The molecule has 2 unspecified atom stereocenters. The molecule has 2 rings (SSSR count). The molecule has 3 nitrogen and oxygen atoms in total. The lowest BCUT2D eigenvalue weighted by molar-refractivity contribution is 0.0882. The minimum absolute atomic E-state index is 0.556. The summed E-state index contributed by atoms with van der Waals surface area (Å²) in [6.07, 6.45) is 5.55. The van der Waals surface area contributed by atoms with Crippen LogP contribution < -0.4 is 5.73 Å². The van der Waals surface area contributed by atoms with Gasteiger partial charge in [-0.1, -0.05) is 0 Å². The minimum atomic E-state index is 0.556. The lowest BCUT2D eigenvalue weighted by Crippen LogP contribution is -2.51. The third-order valence-electron chi connectivity index (χ3n) is 4.09. The minimum Gasteiger partial charge on any atom is -0.329 e. The van der Waals surface area contributed by atoms with Crippen LogP contribution in [0.1, 0.15) is 32.6 Å². The van der Waals surface area contributed by atoms with Crippen LogP contribution in [0.25, 0.3) is 0 Å². The second kappa shape index (κ2) is 4.81. The number of hydrogen-bond acceptors (Lipinski definition) is 3. The average molecular weight is 211 g/mol. The van der Waals surface area contributed by atoms with Crippen molar-refractivity contribution in [2.24, 2.45) is 5.73 Å². The maximum Gasteiger partial charge on any atom is 0.0223 e. The van der Waals surface area contributed by atoms with Crippen LogP contribution >= 0.6 is 0 Å². The Morgan fingerprint density at radius 2 is 2.07 bits per heavy atom. The Bertz CT molecular complexity index is 203. The molecular formula is C12H25N3. The highest BCUT2D eigenvalue weighted by molar-refractivity contribution is 4.90. The molecule has 15 heavy (non-hydrogen) atoms. The van der Waals surface area contributed by atoms with E-state index in [0.717, 1.165) is 18.6 Å². The molecule has 1 heterocycles. The molecule has 0 aromatic heterocycles. The fraction of sp³-hybridized carbons (Fsp3) is 1.00. The summed E-state index contributed by atoms with van der Waals surface area (Å²) in [7, 11) is 2.30. The summed E-state index contributed by atoms with van der Waals surface area (Å²) in [6.45, 7) is 5.51. The maximum atomic E-state index is 5.74. The van der Waals surface area contributed by atoms with Crippen LogP contribution in [0.3, 0.4) is 0 Å². The Kier molecular flexibility index (Phi) is 3.65. The largest absolute Gasteiger partial charge is 0.329 e. The Morgan fingerprint density at radius 3 is 2.67 bits per heavy atom. The van der Waals surface area contributed by atoms with Crippen LogP contribution in [0, 0.1) is 0 Å². The predicted molar refractivity (Wildman–Crippen MR) is 63.9 cm³/mol. The SMILES string of the molecule is CC(CN)N1CCCC(N(C)C2CC2)C1. The Morgan fingerprint density at radius 1 is 1.33 bits per heavy atom. The Hall–Kier alpha value is -0.120. The molecule has 0 amide bonds.